The first-order valence-corrected chi connectivity index (χ1v) is 6.88. The summed E-state index contributed by atoms with van der Waals surface area (Å²) >= 11 is 0. The Morgan fingerprint density at radius 2 is 2.22 bits per heavy atom. The maximum Gasteiger partial charge on any atom is 0.237 e. The summed E-state index contributed by atoms with van der Waals surface area (Å²) in [6.45, 7) is 3.04. The average molecular weight is 256 g/mol. The van der Waals surface area contributed by atoms with Gasteiger partial charge in [-0.15, -0.1) is 0 Å². The fourth-order valence-electron chi connectivity index (χ4n) is 2.92. The molecule has 5 heteroatoms. The monoisotopic (exact) mass is 256 g/mol. The van der Waals surface area contributed by atoms with Crippen molar-refractivity contribution in [1.29, 1.82) is 0 Å². The number of aliphatic hydroxyl groups is 2. The van der Waals surface area contributed by atoms with E-state index >= 15 is 0 Å². The van der Waals surface area contributed by atoms with Crippen LogP contribution in [0.4, 0.5) is 0 Å². The second-order valence-electron chi connectivity index (χ2n) is 5.98. The van der Waals surface area contributed by atoms with Crippen molar-refractivity contribution in [2.24, 2.45) is 5.41 Å². The fraction of sp³-hybridized carbons (Fsp3) is 0.923. The van der Waals surface area contributed by atoms with Gasteiger partial charge >= 0.3 is 0 Å². The second-order valence-corrected chi connectivity index (χ2v) is 5.98. The van der Waals surface area contributed by atoms with Crippen LogP contribution in [-0.2, 0) is 4.79 Å². The first-order chi connectivity index (χ1) is 8.51. The molecule has 0 spiro atoms. The standard InChI is InChI=1S/C13H24N2O3/c1-13(5-3-2-4-11(13)17)8-15-12(18)10-6-9(16)7-14-10/h9-11,14,16-17H,2-8H2,1H3,(H,15,18)/t9-,10+,11-,13-/m1/s1. The largest absolute Gasteiger partial charge is 0.392 e. The third kappa shape index (κ3) is 3.02. The van der Waals surface area contributed by atoms with E-state index < -0.39 is 6.10 Å². The highest BCUT2D eigenvalue weighted by Gasteiger charge is 2.36. The molecule has 1 aliphatic heterocycles. The normalized spacial score (nSPS) is 40.7. The summed E-state index contributed by atoms with van der Waals surface area (Å²) in [7, 11) is 0. The van der Waals surface area contributed by atoms with Gasteiger partial charge in [-0.25, -0.2) is 0 Å². The van der Waals surface area contributed by atoms with Gasteiger partial charge in [0.05, 0.1) is 18.2 Å². The van der Waals surface area contributed by atoms with E-state index in [-0.39, 0.29) is 23.5 Å². The molecule has 0 bridgehead atoms. The minimum atomic E-state index is -0.420. The van der Waals surface area contributed by atoms with Crippen molar-refractivity contribution in [3.63, 3.8) is 0 Å². The highest BCUT2D eigenvalue weighted by atomic mass is 16.3. The van der Waals surface area contributed by atoms with Crippen LogP contribution in [-0.4, -0.2) is 47.5 Å². The summed E-state index contributed by atoms with van der Waals surface area (Å²) in [4.78, 5) is 11.9. The van der Waals surface area contributed by atoms with Gasteiger partial charge in [0.15, 0.2) is 0 Å². The number of β-amino-alcohol motifs (C(OH)–C–C–N with tert-alkyl or cyclic N) is 1. The van der Waals surface area contributed by atoms with E-state index in [1.807, 2.05) is 6.92 Å². The van der Waals surface area contributed by atoms with Crippen LogP contribution in [0.15, 0.2) is 0 Å². The number of nitrogens with one attached hydrogen (secondary N) is 2. The van der Waals surface area contributed by atoms with Gasteiger partial charge in [-0.3, -0.25) is 4.79 Å². The molecule has 18 heavy (non-hydrogen) atoms. The Morgan fingerprint density at radius 1 is 1.44 bits per heavy atom. The summed E-state index contributed by atoms with van der Waals surface area (Å²) in [5.74, 6) is -0.0643. The van der Waals surface area contributed by atoms with Crippen LogP contribution in [0.25, 0.3) is 0 Å². The quantitative estimate of drug-likeness (QED) is 0.562. The Bertz CT molecular complexity index is 311. The average Bonchev–Trinajstić information content (AvgIpc) is 2.77. The summed E-state index contributed by atoms with van der Waals surface area (Å²) in [5, 5.41) is 25.3. The molecule has 0 unspecified atom stereocenters. The summed E-state index contributed by atoms with van der Waals surface area (Å²) in [5.41, 5.74) is -0.203. The molecule has 2 aliphatic rings. The molecule has 2 fully saturated rings. The highest BCUT2D eigenvalue weighted by Crippen LogP contribution is 2.35. The zero-order chi connectivity index (χ0) is 13.2. The molecule has 4 N–H and O–H groups in total. The third-order valence-electron chi connectivity index (χ3n) is 4.37. The first-order valence-electron chi connectivity index (χ1n) is 6.88. The van der Waals surface area contributed by atoms with Crippen molar-refractivity contribution in [3.05, 3.63) is 0 Å². The zero-order valence-corrected chi connectivity index (χ0v) is 11.0. The van der Waals surface area contributed by atoms with Crippen molar-refractivity contribution in [2.75, 3.05) is 13.1 Å². The van der Waals surface area contributed by atoms with E-state index in [9.17, 15) is 15.0 Å². The van der Waals surface area contributed by atoms with Gasteiger partial charge in [0.1, 0.15) is 0 Å². The number of carbonyl (C=O) groups is 1. The third-order valence-corrected chi connectivity index (χ3v) is 4.37. The molecule has 1 saturated carbocycles. The maximum atomic E-state index is 11.9. The predicted octanol–water partition coefficient (Wildman–Crippen LogP) is -0.233. The van der Waals surface area contributed by atoms with E-state index in [0.717, 1.165) is 25.7 Å². The zero-order valence-electron chi connectivity index (χ0n) is 11.0. The van der Waals surface area contributed by atoms with E-state index in [1.54, 1.807) is 0 Å². The fourth-order valence-corrected chi connectivity index (χ4v) is 2.92. The Hall–Kier alpha value is -0.650. The van der Waals surface area contributed by atoms with Crippen LogP contribution in [0.2, 0.25) is 0 Å². The minimum absolute atomic E-state index is 0.0643. The lowest BCUT2D eigenvalue weighted by molar-refractivity contribution is -0.124. The number of hydrogen-bond acceptors (Lipinski definition) is 4. The van der Waals surface area contributed by atoms with Crippen LogP contribution < -0.4 is 10.6 Å². The molecule has 5 nitrogen and oxygen atoms in total. The molecule has 4 atom stereocenters. The lowest BCUT2D eigenvalue weighted by Gasteiger charge is -2.38. The lowest BCUT2D eigenvalue weighted by atomic mass is 9.73. The highest BCUT2D eigenvalue weighted by molar-refractivity contribution is 5.82. The van der Waals surface area contributed by atoms with Crippen LogP contribution >= 0.6 is 0 Å². The minimum Gasteiger partial charge on any atom is -0.392 e. The molecule has 104 valence electrons. The summed E-state index contributed by atoms with van der Waals surface area (Å²) in [6.07, 6.45) is 3.70. The molecule has 1 aliphatic carbocycles. The van der Waals surface area contributed by atoms with Crippen LogP contribution in [0.1, 0.15) is 39.0 Å². The van der Waals surface area contributed by atoms with E-state index in [0.29, 0.717) is 19.5 Å². The molecule has 0 aromatic heterocycles. The van der Waals surface area contributed by atoms with Gasteiger partial charge in [0.25, 0.3) is 0 Å². The van der Waals surface area contributed by atoms with Gasteiger partial charge < -0.3 is 20.8 Å². The van der Waals surface area contributed by atoms with E-state index in [1.165, 1.54) is 0 Å². The van der Waals surface area contributed by atoms with E-state index in [4.69, 9.17) is 0 Å². The summed E-state index contributed by atoms with van der Waals surface area (Å²) < 4.78 is 0. The van der Waals surface area contributed by atoms with Crippen molar-refractivity contribution in [1.82, 2.24) is 10.6 Å². The number of carbonyl (C=O) groups excluding carboxylic acids is 1. The Kier molecular flexibility index (Phi) is 4.25. The smallest absolute Gasteiger partial charge is 0.237 e. The SMILES string of the molecule is C[C@]1(CNC(=O)[C@@H]2C[C@@H](O)CN2)CCCC[C@H]1O. The van der Waals surface area contributed by atoms with Crippen LogP contribution in [0.5, 0.6) is 0 Å². The van der Waals surface area contributed by atoms with E-state index in [2.05, 4.69) is 10.6 Å². The van der Waals surface area contributed by atoms with Crippen LogP contribution in [0, 0.1) is 5.41 Å². The van der Waals surface area contributed by atoms with Gasteiger partial charge in [0.2, 0.25) is 5.91 Å². The lowest BCUT2D eigenvalue weighted by Crippen LogP contribution is -2.49. The number of hydrogen-bond donors (Lipinski definition) is 4. The molecular formula is C13H24N2O3. The Labute approximate surface area is 108 Å². The van der Waals surface area contributed by atoms with Gasteiger partial charge in [0, 0.05) is 18.5 Å². The van der Waals surface area contributed by atoms with Gasteiger partial charge in [-0.05, 0) is 19.3 Å². The summed E-state index contributed by atoms with van der Waals surface area (Å²) in [6, 6.07) is -0.288. The maximum absolute atomic E-state index is 11.9. The Morgan fingerprint density at radius 3 is 2.83 bits per heavy atom. The number of aliphatic hydroxyl groups excluding tert-OH is 2. The van der Waals surface area contributed by atoms with Crippen molar-refractivity contribution in [3.8, 4) is 0 Å². The number of rotatable bonds is 3. The predicted molar refractivity (Wildman–Crippen MR) is 68.0 cm³/mol. The van der Waals surface area contributed by atoms with Crippen molar-refractivity contribution >= 4 is 5.91 Å². The molecule has 1 heterocycles. The van der Waals surface area contributed by atoms with Gasteiger partial charge in [-0.2, -0.15) is 0 Å². The molecular weight excluding hydrogens is 232 g/mol. The molecule has 2 rings (SSSR count). The second kappa shape index (κ2) is 5.55. The Balaban J connectivity index is 1.81. The molecule has 0 radical (unpaired) electrons. The molecule has 0 aromatic rings. The topological polar surface area (TPSA) is 81.6 Å². The van der Waals surface area contributed by atoms with Crippen molar-refractivity contribution < 1.29 is 15.0 Å². The molecule has 1 saturated heterocycles. The molecule has 1 amide bonds. The van der Waals surface area contributed by atoms with Gasteiger partial charge in [-0.1, -0.05) is 19.8 Å². The van der Waals surface area contributed by atoms with Crippen molar-refractivity contribution in [2.45, 2.75) is 57.3 Å². The molecule has 0 aromatic carbocycles. The number of amides is 1. The van der Waals surface area contributed by atoms with Crippen LogP contribution in [0.3, 0.4) is 0 Å². The first kappa shape index (κ1) is 13.8.